The van der Waals surface area contributed by atoms with E-state index in [1.165, 1.54) is 24.0 Å². The van der Waals surface area contributed by atoms with Crippen molar-refractivity contribution in [3.8, 4) is 0 Å². The molecule has 114 valence electrons. The predicted molar refractivity (Wildman–Crippen MR) is 85.2 cm³/mol. The quantitative estimate of drug-likeness (QED) is 0.925. The van der Waals surface area contributed by atoms with E-state index in [0.717, 1.165) is 44.4 Å². The summed E-state index contributed by atoms with van der Waals surface area (Å²) in [5.41, 5.74) is 2.54. The van der Waals surface area contributed by atoms with Gasteiger partial charge in [-0.15, -0.1) is 0 Å². The standard InChI is InChI=1S/C18H26N2O/c1-14-2-4-15(5-3-14)6-7-18(21)20-10-8-16-12-19-13-17(16)9-11-20/h2-5,16-17,19H,6-13H2,1H3/t16-,17+. The van der Waals surface area contributed by atoms with E-state index in [1.54, 1.807) is 0 Å². The second-order valence-electron chi connectivity index (χ2n) is 6.62. The lowest BCUT2D eigenvalue weighted by Crippen LogP contribution is -2.32. The first-order chi connectivity index (χ1) is 10.2. The van der Waals surface area contributed by atoms with Crippen LogP contribution in [0.25, 0.3) is 0 Å². The summed E-state index contributed by atoms with van der Waals surface area (Å²) in [4.78, 5) is 14.5. The Morgan fingerprint density at radius 3 is 2.38 bits per heavy atom. The largest absolute Gasteiger partial charge is 0.343 e. The summed E-state index contributed by atoms with van der Waals surface area (Å²) in [5.74, 6) is 1.92. The molecule has 2 atom stereocenters. The van der Waals surface area contributed by atoms with Gasteiger partial charge in [-0.2, -0.15) is 0 Å². The highest BCUT2D eigenvalue weighted by molar-refractivity contribution is 5.76. The molecule has 2 aliphatic rings. The Balaban J connectivity index is 1.50. The number of nitrogens with zero attached hydrogens (tertiary/aromatic N) is 1. The van der Waals surface area contributed by atoms with Gasteiger partial charge in [-0.25, -0.2) is 0 Å². The van der Waals surface area contributed by atoms with Crippen LogP contribution in [0.2, 0.25) is 0 Å². The summed E-state index contributed by atoms with van der Waals surface area (Å²) in [6.45, 7) is 6.30. The van der Waals surface area contributed by atoms with Crippen LogP contribution in [0.5, 0.6) is 0 Å². The molecule has 0 aliphatic carbocycles. The summed E-state index contributed by atoms with van der Waals surface area (Å²) in [7, 11) is 0. The molecular weight excluding hydrogens is 260 g/mol. The Morgan fingerprint density at radius 2 is 1.76 bits per heavy atom. The maximum absolute atomic E-state index is 12.4. The third kappa shape index (κ3) is 3.65. The van der Waals surface area contributed by atoms with Crippen molar-refractivity contribution in [1.82, 2.24) is 10.2 Å². The second-order valence-corrected chi connectivity index (χ2v) is 6.62. The van der Waals surface area contributed by atoms with Gasteiger partial charge in [0, 0.05) is 19.5 Å². The van der Waals surface area contributed by atoms with E-state index in [1.807, 2.05) is 0 Å². The molecule has 1 aromatic rings. The highest BCUT2D eigenvalue weighted by Crippen LogP contribution is 2.27. The molecule has 0 aromatic heterocycles. The van der Waals surface area contributed by atoms with Crippen LogP contribution < -0.4 is 5.32 Å². The molecule has 1 aromatic carbocycles. The van der Waals surface area contributed by atoms with Crippen LogP contribution in [-0.2, 0) is 11.2 Å². The van der Waals surface area contributed by atoms with Crippen LogP contribution in [0, 0.1) is 18.8 Å². The van der Waals surface area contributed by atoms with Gasteiger partial charge in [-0.3, -0.25) is 4.79 Å². The molecule has 1 N–H and O–H groups in total. The zero-order chi connectivity index (χ0) is 14.7. The maximum atomic E-state index is 12.4. The number of carbonyl (C=O) groups is 1. The lowest BCUT2D eigenvalue weighted by Gasteiger charge is -2.21. The SMILES string of the molecule is Cc1ccc(CCC(=O)N2CC[C@@H]3CNC[C@@H]3CC2)cc1. The topological polar surface area (TPSA) is 32.3 Å². The van der Waals surface area contributed by atoms with E-state index in [0.29, 0.717) is 12.3 Å². The van der Waals surface area contributed by atoms with Gasteiger partial charge >= 0.3 is 0 Å². The van der Waals surface area contributed by atoms with Crippen molar-refractivity contribution in [2.24, 2.45) is 11.8 Å². The number of nitrogens with one attached hydrogen (secondary N) is 1. The normalized spacial score (nSPS) is 25.5. The predicted octanol–water partition coefficient (Wildman–Crippen LogP) is 2.39. The first-order valence-electron chi connectivity index (χ1n) is 8.26. The first kappa shape index (κ1) is 14.6. The highest BCUT2D eigenvalue weighted by Gasteiger charge is 2.31. The van der Waals surface area contributed by atoms with Gasteiger partial charge in [-0.1, -0.05) is 29.8 Å². The Labute approximate surface area is 127 Å². The van der Waals surface area contributed by atoms with E-state index in [-0.39, 0.29) is 0 Å². The van der Waals surface area contributed by atoms with Gasteiger partial charge < -0.3 is 10.2 Å². The monoisotopic (exact) mass is 286 g/mol. The molecule has 2 fully saturated rings. The fraction of sp³-hybridized carbons (Fsp3) is 0.611. The third-order valence-electron chi connectivity index (χ3n) is 5.12. The second kappa shape index (κ2) is 6.61. The summed E-state index contributed by atoms with van der Waals surface area (Å²) in [6.07, 6.45) is 3.86. The maximum Gasteiger partial charge on any atom is 0.222 e. The average molecular weight is 286 g/mol. The number of rotatable bonds is 3. The minimum absolute atomic E-state index is 0.337. The van der Waals surface area contributed by atoms with E-state index in [9.17, 15) is 4.79 Å². The summed E-state index contributed by atoms with van der Waals surface area (Å²) >= 11 is 0. The number of fused-ring (bicyclic) bond motifs is 1. The first-order valence-corrected chi connectivity index (χ1v) is 8.26. The summed E-state index contributed by atoms with van der Waals surface area (Å²) < 4.78 is 0. The van der Waals surface area contributed by atoms with Gasteiger partial charge in [0.15, 0.2) is 0 Å². The number of likely N-dealkylation sites (tertiary alicyclic amines) is 1. The van der Waals surface area contributed by atoms with Gasteiger partial charge in [0.25, 0.3) is 0 Å². The molecule has 3 rings (SSSR count). The van der Waals surface area contributed by atoms with Gasteiger partial charge in [0.2, 0.25) is 5.91 Å². The lowest BCUT2D eigenvalue weighted by atomic mass is 9.92. The van der Waals surface area contributed by atoms with Crippen molar-refractivity contribution in [2.75, 3.05) is 26.2 Å². The Bertz CT molecular complexity index is 468. The number of benzene rings is 1. The fourth-order valence-electron chi connectivity index (χ4n) is 3.63. The van der Waals surface area contributed by atoms with Gasteiger partial charge in [-0.05, 0) is 56.7 Å². The minimum Gasteiger partial charge on any atom is -0.343 e. The van der Waals surface area contributed by atoms with E-state index in [2.05, 4.69) is 41.4 Å². The molecular formula is C18H26N2O. The summed E-state index contributed by atoms with van der Waals surface area (Å²) in [5, 5.41) is 3.48. The zero-order valence-corrected chi connectivity index (χ0v) is 13.0. The molecule has 0 bridgehead atoms. The van der Waals surface area contributed by atoms with Crippen molar-refractivity contribution < 1.29 is 4.79 Å². The highest BCUT2D eigenvalue weighted by atomic mass is 16.2. The number of aryl methyl sites for hydroxylation is 2. The van der Waals surface area contributed by atoms with E-state index < -0.39 is 0 Å². The van der Waals surface area contributed by atoms with Crippen LogP contribution in [0.1, 0.15) is 30.4 Å². The molecule has 0 spiro atoms. The molecule has 0 unspecified atom stereocenters. The van der Waals surface area contributed by atoms with Crippen LogP contribution in [-0.4, -0.2) is 37.0 Å². The van der Waals surface area contributed by atoms with E-state index >= 15 is 0 Å². The molecule has 3 nitrogen and oxygen atoms in total. The molecule has 0 radical (unpaired) electrons. The fourth-order valence-corrected chi connectivity index (χ4v) is 3.63. The van der Waals surface area contributed by atoms with Crippen molar-refractivity contribution in [2.45, 2.75) is 32.6 Å². The number of carbonyl (C=O) groups excluding carboxylic acids is 1. The average Bonchev–Trinajstić information content (AvgIpc) is 2.85. The molecule has 2 saturated heterocycles. The molecule has 0 saturated carbocycles. The molecule has 1 amide bonds. The summed E-state index contributed by atoms with van der Waals surface area (Å²) in [6, 6.07) is 8.53. The van der Waals surface area contributed by atoms with Gasteiger partial charge in [0.05, 0.1) is 0 Å². The number of amides is 1. The zero-order valence-electron chi connectivity index (χ0n) is 13.0. The Morgan fingerprint density at radius 1 is 1.14 bits per heavy atom. The molecule has 21 heavy (non-hydrogen) atoms. The lowest BCUT2D eigenvalue weighted by molar-refractivity contribution is -0.131. The Kier molecular flexibility index (Phi) is 4.59. The minimum atomic E-state index is 0.337. The molecule has 2 aliphatic heterocycles. The van der Waals surface area contributed by atoms with Gasteiger partial charge in [0.1, 0.15) is 0 Å². The van der Waals surface area contributed by atoms with Crippen molar-refractivity contribution >= 4 is 5.91 Å². The van der Waals surface area contributed by atoms with Crippen LogP contribution >= 0.6 is 0 Å². The van der Waals surface area contributed by atoms with Crippen LogP contribution in [0.4, 0.5) is 0 Å². The van der Waals surface area contributed by atoms with Crippen molar-refractivity contribution in [3.63, 3.8) is 0 Å². The van der Waals surface area contributed by atoms with E-state index in [4.69, 9.17) is 0 Å². The molecule has 3 heteroatoms. The third-order valence-corrected chi connectivity index (χ3v) is 5.12. The number of hydrogen-bond acceptors (Lipinski definition) is 2. The van der Waals surface area contributed by atoms with Crippen LogP contribution in [0.3, 0.4) is 0 Å². The van der Waals surface area contributed by atoms with Crippen molar-refractivity contribution in [1.29, 1.82) is 0 Å². The van der Waals surface area contributed by atoms with Crippen LogP contribution in [0.15, 0.2) is 24.3 Å². The van der Waals surface area contributed by atoms with Crippen molar-refractivity contribution in [3.05, 3.63) is 35.4 Å². The smallest absolute Gasteiger partial charge is 0.222 e. The number of hydrogen-bond donors (Lipinski definition) is 1. The Hall–Kier alpha value is -1.35. The molecule has 2 heterocycles.